The number of hydrogen-bond acceptors (Lipinski definition) is 4. The van der Waals surface area contributed by atoms with Gasteiger partial charge in [-0.15, -0.1) is 0 Å². The standard InChI is InChI=1S/C10H13N3OS.2CH3.Sn/c1-2-11-10(15)13-12-7-8-5-3-4-6-9(8)14;;;/h3-7,14H,2H2,1H3,(H2,11,13,15);2*1H3;/q;;;+2/p-2/b12-7+;;;. The van der Waals surface area contributed by atoms with Crippen LogP contribution in [0.3, 0.4) is 0 Å². The first kappa shape index (κ1) is 13.7. The Bertz CT molecular complexity index is 488. The molecule has 0 atom stereocenters. The summed E-state index contributed by atoms with van der Waals surface area (Å²) in [6.45, 7) is 2.77. The second-order valence-electron chi connectivity index (χ2n) is 4.29. The van der Waals surface area contributed by atoms with Crippen molar-refractivity contribution in [1.29, 1.82) is 0 Å². The normalized spacial score (nSPS) is 21.8. The topological polar surface area (TPSA) is 46.0 Å². The van der Waals surface area contributed by atoms with Crippen LogP contribution in [0.15, 0.2) is 34.4 Å². The van der Waals surface area contributed by atoms with E-state index in [1.54, 1.807) is 15.2 Å². The number of rotatable bonds is 1. The van der Waals surface area contributed by atoms with Crippen molar-refractivity contribution in [2.45, 2.75) is 16.8 Å². The summed E-state index contributed by atoms with van der Waals surface area (Å²) < 4.78 is 6.24. The zero-order chi connectivity index (χ0) is 13.0. The molecule has 18 heavy (non-hydrogen) atoms. The summed E-state index contributed by atoms with van der Waals surface area (Å²) in [5.74, 6) is 0.925. The quantitative estimate of drug-likeness (QED) is 0.774. The number of hydrazone groups is 1. The minimum atomic E-state index is -2.69. The fraction of sp³-hybridized carbons (Fsp3) is 0.333. The van der Waals surface area contributed by atoms with Crippen molar-refractivity contribution < 1.29 is 3.07 Å². The molecule has 96 valence electrons. The maximum atomic E-state index is 6.24. The van der Waals surface area contributed by atoms with Crippen LogP contribution in [0.1, 0.15) is 12.5 Å². The third kappa shape index (κ3) is 3.65. The molecule has 0 aliphatic carbocycles. The number of nitrogens with zero attached hydrogens (tertiary/aromatic N) is 2. The molecule has 1 aromatic carbocycles. The van der Waals surface area contributed by atoms with Crippen LogP contribution in [-0.2, 0) is 0 Å². The van der Waals surface area contributed by atoms with E-state index in [0.29, 0.717) is 0 Å². The van der Waals surface area contributed by atoms with E-state index in [2.05, 4.69) is 25.4 Å². The van der Waals surface area contributed by atoms with E-state index in [0.717, 1.165) is 23.0 Å². The molecular formula is C12H17N3OSSn. The monoisotopic (exact) mass is 371 g/mol. The Hall–Kier alpha value is -0.691. The van der Waals surface area contributed by atoms with Crippen LogP contribution < -0.4 is 8.50 Å². The number of fused-ring (bicyclic) bond motifs is 1. The van der Waals surface area contributed by atoms with Gasteiger partial charge in [0.1, 0.15) is 0 Å². The van der Waals surface area contributed by atoms with Crippen molar-refractivity contribution in [3.8, 4) is 5.75 Å². The fourth-order valence-electron chi connectivity index (χ4n) is 1.59. The molecule has 1 aliphatic heterocycles. The third-order valence-corrected chi connectivity index (χ3v) is 11.6. The molecule has 0 saturated heterocycles. The SMILES string of the molecule is CCN=C1N/N=C/c2ccccc2[O][Sn]([CH3])([CH3])[S]1. The summed E-state index contributed by atoms with van der Waals surface area (Å²) in [6.07, 6.45) is 1.79. The number of benzene rings is 1. The molecule has 1 N–H and O–H groups in total. The zero-order valence-corrected chi connectivity index (χ0v) is 14.5. The van der Waals surface area contributed by atoms with Gasteiger partial charge in [-0.1, -0.05) is 0 Å². The molecule has 1 aliphatic rings. The van der Waals surface area contributed by atoms with Crippen molar-refractivity contribution in [2.75, 3.05) is 6.54 Å². The third-order valence-electron chi connectivity index (χ3n) is 2.28. The van der Waals surface area contributed by atoms with Gasteiger partial charge in [0.2, 0.25) is 0 Å². The Balaban J connectivity index is 2.35. The van der Waals surface area contributed by atoms with Crippen molar-refractivity contribution in [3.63, 3.8) is 0 Å². The van der Waals surface area contributed by atoms with Crippen molar-refractivity contribution in [2.24, 2.45) is 10.1 Å². The molecule has 1 heterocycles. The van der Waals surface area contributed by atoms with Crippen LogP contribution in [0, 0.1) is 0 Å². The Kier molecular flexibility index (Phi) is 4.55. The van der Waals surface area contributed by atoms with Gasteiger partial charge >= 0.3 is 115 Å². The molecule has 0 amide bonds. The van der Waals surface area contributed by atoms with Gasteiger partial charge in [-0.3, -0.25) is 0 Å². The van der Waals surface area contributed by atoms with E-state index in [-0.39, 0.29) is 0 Å². The summed E-state index contributed by atoms with van der Waals surface area (Å²) in [5, 5.41) is 5.09. The molecule has 1 aromatic rings. The van der Waals surface area contributed by atoms with Crippen LogP contribution in [0.5, 0.6) is 5.75 Å². The van der Waals surface area contributed by atoms with Gasteiger partial charge in [0.25, 0.3) is 0 Å². The molecule has 0 saturated carbocycles. The maximum absolute atomic E-state index is 6.24. The Morgan fingerprint density at radius 3 is 2.94 bits per heavy atom. The van der Waals surface area contributed by atoms with Crippen LogP contribution >= 0.6 is 8.95 Å². The van der Waals surface area contributed by atoms with Gasteiger partial charge in [-0.25, -0.2) is 0 Å². The minimum absolute atomic E-state index is 0.750. The summed E-state index contributed by atoms with van der Waals surface area (Å²) in [7, 11) is 1.74. The predicted molar refractivity (Wildman–Crippen MR) is 80.8 cm³/mol. The first-order chi connectivity index (χ1) is 8.61. The molecule has 6 heteroatoms. The predicted octanol–water partition coefficient (Wildman–Crippen LogP) is 2.81. The average Bonchev–Trinajstić information content (AvgIpc) is 2.35. The van der Waals surface area contributed by atoms with Gasteiger partial charge < -0.3 is 0 Å². The Labute approximate surface area is 115 Å². The summed E-state index contributed by atoms with van der Waals surface area (Å²) in [6, 6.07) is 7.99. The Morgan fingerprint density at radius 1 is 1.39 bits per heavy atom. The van der Waals surface area contributed by atoms with Crippen LogP contribution in [-0.4, -0.2) is 35.3 Å². The van der Waals surface area contributed by atoms with E-state index in [4.69, 9.17) is 3.07 Å². The zero-order valence-electron chi connectivity index (χ0n) is 10.8. The molecule has 2 rings (SSSR count). The van der Waals surface area contributed by atoms with Crippen molar-refractivity contribution in [1.82, 2.24) is 5.43 Å². The number of hydrogen-bond donors (Lipinski definition) is 1. The Morgan fingerprint density at radius 2 is 2.17 bits per heavy atom. The van der Waals surface area contributed by atoms with E-state index < -0.39 is 17.4 Å². The molecule has 0 spiro atoms. The van der Waals surface area contributed by atoms with Crippen molar-refractivity contribution in [3.05, 3.63) is 29.8 Å². The van der Waals surface area contributed by atoms with E-state index in [1.807, 2.05) is 31.2 Å². The van der Waals surface area contributed by atoms with Gasteiger partial charge in [0.15, 0.2) is 0 Å². The second-order valence-corrected chi connectivity index (χ2v) is 21.8. The van der Waals surface area contributed by atoms with Gasteiger partial charge in [-0.05, 0) is 0 Å². The fourth-order valence-corrected chi connectivity index (χ4v) is 10.3. The van der Waals surface area contributed by atoms with Crippen molar-refractivity contribution >= 4 is 37.7 Å². The summed E-state index contributed by atoms with van der Waals surface area (Å²) in [4.78, 5) is 8.87. The number of para-hydroxylation sites is 1. The molecule has 0 bridgehead atoms. The molecule has 0 fully saturated rings. The molecular weight excluding hydrogens is 353 g/mol. The average molecular weight is 370 g/mol. The molecule has 4 nitrogen and oxygen atoms in total. The number of amidine groups is 1. The summed E-state index contributed by atoms with van der Waals surface area (Å²) in [5.41, 5.74) is 4.02. The molecule has 0 unspecified atom stereocenters. The summed E-state index contributed by atoms with van der Waals surface area (Å²) >= 11 is -2.69. The number of aliphatic imine (C=N–C) groups is 1. The van der Waals surface area contributed by atoms with Crippen LogP contribution in [0.4, 0.5) is 0 Å². The molecule has 0 radical (unpaired) electrons. The van der Waals surface area contributed by atoms with E-state index in [9.17, 15) is 0 Å². The molecule has 0 aromatic heterocycles. The first-order valence-corrected chi connectivity index (χ1v) is 17.1. The van der Waals surface area contributed by atoms with E-state index in [1.165, 1.54) is 0 Å². The van der Waals surface area contributed by atoms with Gasteiger partial charge in [0, 0.05) is 0 Å². The number of nitrogens with one attached hydrogen (secondary N) is 1. The first-order valence-electron chi connectivity index (χ1n) is 5.91. The van der Waals surface area contributed by atoms with E-state index >= 15 is 0 Å². The van der Waals surface area contributed by atoms with Gasteiger partial charge in [0.05, 0.1) is 0 Å². The van der Waals surface area contributed by atoms with Crippen LogP contribution in [0.2, 0.25) is 9.88 Å². The van der Waals surface area contributed by atoms with Crippen LogP contribution in [0.25, 0.3) is 0 Å². The second kappa shape index (κ2) is 5.97. The van der Waals surface area contributed by atoms with Gasteiger partial charge in [-0.2, -0.15) is 0 Å².